The van der Waals surface area contributed by atoms with E-state index in [1.807, 2.05) is 10.9 Å². The second kappa shape index (κ2) is 10.1. The minimum atomic E-state index is -1.24. The highest BCUT2D eigenvalue weighted by molar-refractivity contribution is 7.98. The first kappa shape index (κ1) is 22.9. The zero-order valence-corrected chi connectivity index (χ0v) is 18.7. The SMILES string of the molecule is [N-]=[N+]=NSC(Oc1nc(-c2cnn(C3CCNCC3)c2)cnc1N)c1c(Cl)ccc(F)c1O. The minimum Gasteiger partial charge on any atom is -0.504 e. The number of anilines is 1. The number of halogens is 2. The number of aromatic nitrogens is 4. The Kier molecular flexibility index (Phi) is 7.04. The van der Waals surface area contributed by atoms with Gasteiger partial charge in [0, 0.05) is 16.7 Å². The fraction of sp³-hybridized carbons (Fsp3) is 0.316. The highest BCUT2D eigenvalue weighted by atomic mass is 35.5. The molecule has 0 amide bonds. The Morgan fingerprint density at radius 3 is 2.94 bits per heavy atom. The van der Waals surface area contributed by atoms with Gasteiger partial charge in [-0.15, -0.1) is 0 Å². The van der Waals surface area contributed by atoms with E-state index in [1.165, 1.54) is 12.3 Å². The summed E-state index contributed by atoms with van der Waals surface area (Å²) in [5, 5.41) is 18.0. The number of aromatic hydroxyl groups is 1. The number of ether oxygens (including phenoxy) is 1. The number of nitrogens with two attached hydrogens (primary N) is 1. The first-order valence-corrected chi connectivity index (χ1v) is 11.1. The summed E-state index contributed by atoms with van der Waals surface area (Å²) in [5.41, 5.74) is 14.5. The van der Waals surface area contributed by atoms with E-state index in [9.17, 15) is 9.50 Å². The van der Waals surface area contributed by atoms with Gasteiger partial charge in [0.1, 0.15) is 0 Å². The first-order chi connectivity index (χ1) is 16.0. The average Bonchev–Trinajstić information content (AvgIpc) is 3.32. The summed E-state index contributed by atoms with van der Waals surface area (Å²) in [4.78, 5) is 11.2. The molecule has 1 unspecified atom stereocenters. The topological polar surface area (TPSA) is 160 Å². The molecule has 0 bridgehead atoms. The van der Waals surface area contributed by atoms with Gasteiger partial charge in [0.2, 0.25) is 0 Å². The number of rotatable bonds is 7. The van der Waals surface area contributed by atoms with E-state index in [1.54, 1.807) is 6.20 Å². The fourth-order valence-electron chi connectivity index (χ4n) is 3.43. The Hall–Kier alpha value is -3.25. The maximum absolute atomic E-state index is 14.0. The molecular weight excluding hydrogens is 473 g/mol. The number of phenolic OH excluding ortho intramolecular Hbond substituents is 1. The van der Waals surface area contributed by atoms with Gasteiger partial charge in [0.15, 0.2) is 22.8 Å². The van der Waals surface area contributed by atoms with Crippen LogP contribution in [-0.2, 0) is 0 Å². The molecule has 3 heterocycles. The standard InChI is InChI=1S/C19H19ClFN9O2S/c20-12-1-2-13(21)16(31)15(12)19(33-29-28-23)32-18-17(22)25-8-14(27-18)10-7-26-30(9-10)11-3-5-24-6-4-11/h1-2,7-9,11,19,24,31H,3-6H2,(H2,22,25). The van der Waals surface area contributed by atoms with Crippen LogP contribution in [0.1, 0.15) is 29.9 Å². The lowest BCUT2D eigenvalue weighted by Gasteiger charge is -2.22. The zero-order chi connectivity index (χ0) is 23.4. The summed E-state index contributed by atoms with van der Waals surface area (Å²) in [6.45, 7) is 1.86. The van der Waals surface area contributed by atoms with Crippen LogP contribution in [0.15, 0.2) is 35.2 Å². The quantitative estimate of drug-likeness (QED) is 0.144. The molecule has 1 saturated heterocycles. The number of benzene rings is 1. The van der Waals surface area contributed by atoms with E-state index >= 15 is 0 Å². The third-order valence-corrected chi connectivity index (χ3v) is 6.12. The molecule has 11 nitrogen and oxygen atoms in total. The number of piperidine rings is 1. The van der Waals surface area contributed by atoms with Crippen LogP contribution in [0, 0.1) is 5.82 Å². The molecule has 1 fully saturated rings. The van der Waals surface area contributed by atoms with Gasteiger partial charge in [0.05, 0.1) is 34.7 Å². The Bertz CT molecular complexity index is 1200. The van der Waals surface area contributed by atoms with Gasteiger partial charge in [-0.2, -0.15) is 5.10 Å². The summed E-state index contributed by atoms with van der Waals surface area (Å²) < 4.78 is 25.0. The summed E-state index contributed by atoms with van der Waals surface area (Å²) in [7, 11) is 0. The second-order valence-electron chi connectivity index (χ2n) is 7.15. The van der Waals surface area contributed by atoms with E-state index in [0.29, 0.717) is 29.2 Å². The van der Waals surface area contributed by atoms with E-state index < -0.39 is 17.0 Å². The number of phenols is 1. The molecule has 2 aromatic heterocycles. The molecule has 4 N–H and O–H groups in total. The number of hydrogen-bond acceptors (Lipinski definition) is 9. The highest BCUT2D eigenvalue weighted by Gasteiger charge is 2.26. The minimum absolute atomic E-state index is 0.00507. The van der Waals surface area contributed by atoms with Gasteiger partial charge in [-0.3, -0.25) is 4.68 Å². The largest absolute Gasteiger partial charge is 0.504 e. The molecule has 0 radical (unpaired) electrons. The smallest absolute Gasteiger partial charge is 0.259 e. The first-order valence-electron chi connectivity index (χ1n) is 9.89. The van der Waals surface area contributed by atoms with Crippen molar-refractivity contribution in [1.29, 1.82) is 0 Å². The van der Waals surface area contributed by atoms with Crippen molar-refractivity contribution in [3.63, 3.8) is 0 Å². The molecule has 1 aromatic carbocycles. The third kappa shape index (κ3) is 5.06. The maximum atomic E-state index is 14.0. The Morgan fingerprint density at radius 1 is 1.39 bits per heavy atom. The summed E-state index contributed by atoms with van der Waals surface area (Å²) in [6.07, 6.45) is 6.97. The van der Waals surface area contributed by atoms with Crippen LogP contribution in [0.25, 0.3) is 21.7 Å². The van der Waals surface area contributed by atoms with E-state index in [-0.39, 0.29) is 22.3 Å². The normalized spacial score (nSPS) is 15.1. The van der Waals surface area contributed by atoms with Crippen molar-refractivity contribution in [2.45, 2.75) is 24.3 Å². The summed E-state index contributed by atoms with van der Waals surface area (Å²) in [6, 6.07) is 2.55. The van der Waals surface area contributed by atoms with Crippen LogP contribution in [0.5, 0.6) is 11.6 Å². The molecule has 14 heteroatoms. The molecule has 1 atom stereocenters. The molecule has 0 saturated carbocycles. The van der Waals surface area contributed by atoms with Crippen LogP contribution in [0.3, 0.4) is 0 Å². The third-order valence-electron chi connectivity index (χ3n) is 5.10. The predicted molar refractivity (Wildman–Crippen MR) is 122 cm³/mol. The van der Waals surface area contributed by atoms with Crippen molar-refractivity contribution in [2.24, 2.45) is 4.52 Å². The average molecular weight is 492 g/mol. The lowest BCUT2D eigenvalue weighted by molar-refractivity contribution is 0.276. The molecule has 4 rings (SSSR count). The Balaban J connectivity index is 1.65. The van der Waals surface area contributed by atoms with Crippen LogP contribution in [0.4, 0.5) is 10.2 Å². The van der Waals surface area contributed by atoms with E-state index in [0.717, 1.165) is 32.0 Å². The van der Waals surface area contributed by atoms with Gasteiger partial charge >= 0.3 is 0 Å². The fourth-order valence-corrected chi connectivity index (χ4v) is 4.35. The van der Waals surface area contributed by atoms with Crippen LogP contribution in [0.2, 0.25) is 5.02 Å². The lowest BCUT2D eigenvalue weighted by Crippen LogP contribution is -2.29. The number of nitrogen functional groups attached to an aromatic ring is 1. The molecule has 1 aliphatic heterocycles. The molecule has 0 aliphatic carbocycles. The number of nitrogens with zero attached hydrogens (tertiary/aromatic N) is 7. The molecule has 1 aliphatic rings. The van der Waals surface area contributed by atoms with Crippen LogP contribution in [-0.4, -0.2) is 37.9 Å². The highest BCUT2D eigenvalue weighted by Crippen LogP contribution is 2.43. The summed E-state index contributed by atoms with van der Waals surface area (Å²) in [5.74, 6) is -1.81. The van der Waals surface area contributed by atoms with Gasteiger partial charge in [-0.1, -0.05) is 11.6 Å². The van der Waals surface area contributed by atoms with Crippen LogP contribution >= 0.6 is 23.5 Å². The molecule has 0 spiro atoms. The van der Waals surface area contributed by atoms with E-state index in [4.69, 9.17) is 27.6 Å². The monoisotopic (exact) mass is 491 g/mol. The van der Waals surface area contributed by atoms with Gasteiger partial charge in [-0.25, -0.2) is 14.4 Å². The molecule has 3 aromatic rings. The van der Waals surface area contributed by atoms with Crippen molar-refractivity contribution in [3.8, 4) is 22.9 Å². The van der Waals surface area contributed by atoms with Crippen molar-refractivity contribution in [1.82, 2.24) is 25.1 Å². The van der Waals surface area contributed by atoms with E-state index in [2.05, 4.69) is 29.8 Å². The van der Waals surface area contributed by atoms with Crippen LogP contribution < -0.4 is 15.8 Å². The molecule has 33 heavy (non-hydrogen) atoms. The Morgan fingerprint density at radius 2 is 2.18 bits per heavy atom. The van der Waals surface area contributed by atoms with Crippen molar-refractivity contribution in [2.75, 3.05) is 18.8 Å². The molecule has 172 valence electrons. The van der Waals surface area contributed by atoms with Gasteiger partial charge < -0.3 is 20.9 Å². The van der Waals surface area contributed by atoms with Crippen molar-refractivity contribution in [3.05, 3.63) is 57.6 Å². The Labute approximate surface area is 196 Å². The number of azide groups is 1. The van der Waals surface area contributed by atoms with Crippen molar-refractivity contribution < 1.29 is 14.2 Å². The predicted octanol–water partition coefficient (Wildman–Crippen LogP) is 4.38. The molecular formula is C19H19ClFN9O2S. The zero-order valence-electron chi connectivity index (χ0n) is 17.1. The second-order valence-corrected chi connectivity index (χ2v) is 8.36. The van der Waals surface area contributed by atoms with Crippen molar-refractivity contribution >= 4 is 29.4 Å². The number of hydrogen-bond donors (Lipinski definition) is 3. The summed E-state index contributed by atoms with van der Waals surface area (Å²) >= 11 is 6.72. The maximum Gasteiger partial charge on any atom is 0.259 e. The van der Waals surface area contributed by atoms with Gasteiger partial charge in [-0.05, 0) is 60.1 Å². The lowest BCUT2D eigenvalue weighted by atomic mass is 10.1. The number of nitrogens with one attached hydrogen (secondary N) is 1. The van der Waals surface area contributed by atoms with Gasteiger partial charge in [0.25, 0.3) is 5.88 Å².